The smallest absolute Gasteiger partial charge is 0.122 e. The second-order valence-corrected chi connectivity index (χ2v) is 6.45. The van der Waals surface area contributed by atoms with Crippen molar-refractivity contribution in [2.45, 2.75) is 25.7 Å². The Morgan fingerprint density at radius 1 is 0.538 bits per heavy atom. The van der Waals surface area contributed by atoms with Crippen LogP contribution < -0.4 is 9.47 Å². The van der Waals surface area contributed by atoms with Crippen molar-refractivity contribution in [3.8, 4) is 11.5 Å². The third kappa shape index (κ3) is 4.66. The van der Waals surface area contributed by atoms with E-state index in [-0.39, 0.29) is 0 Å². The Morgan fingerprint density at radius 2 is 0.923 bits per heavy atom. The average molecular weight is 346 g/mol. The zero-order valence-corrected chi connectivity index (χ0v) is 15.6. The van der Waals surface area contributed by atoms with Crippen molar-refractivity contribution in [3.05, 3.63) is 95.1 Å². The summed E-state index contributed by atoms with van der Waals surface area (Å²) in [4.78, 5) is 0. The Labute approximate surface area is 156 Å². The van der Waals surface area contributed by atoms with E-state index in [0.717, 1.165) is 37.2 Å². The van der Waals surface area contributed by atoms with Crippen LogP contribution in [0.4, 0.5) is 0 Å². The molecule has 2 nitrogen and oxygen atoms in total. The van der Waals surface area contributed by atoms with Crippen LogP contribution in [0.15, 0.2) is 72.8 Å². The predicted octanol–water partition coefficient (Wildman–Crippen LogP) is 5.27. The van der Waals surface area contributed by atoms with E-state index in [9.17, 15) is 0 Å². The molecule has 3 aromatic rings. The minimum absolute atomic E-state index is 0.933. The van der Waals surface area contributed by atoms with Gasteiger partial charge in [0.2, 0.25) is 0 Å². The minimum atomic E-state index is 0.933. The van der Waals surface area contributed by atoms with Crippen LogP contribution in [0.2, 0.25) is 0 Å². The standard InChI is InChI=1S/C24H26O2/c1-25-23-17-22(16-14-20-11-7-4-8-12-20)24(26-2)18-21(23)15-13-19-9-5-3-6-10-19/h3-12,17-18H,13-16H2,1-2H3. The lowest BCUT2D eigenvalue weighted by Gasteiger charge is -2.15. The third-order valence-electron chi connectivity index (χ3n) is 4.74. The highest BCUT2D eigenvalue weighted by molar-refractivity contribution is 5.47. The zero-order valence-electron chi connectivity index (χ0n) is 15.6. The maximum absolute atomic E-state index is 5.67. The van der Waals surface area contributed by atoms with Gasteiger partial charge >= 0.3 is 0 Å². The molecular weight excluding hydrogens is 320 g/mol. The van der Waals surface area contributed by atoms with Crippen molar-refractivity contribution in [2.75, 3.05) is 14.2 Å². The molecule has 26 heavy (non-hydrogen) atoms. The lowest BCUT2D eigenvalue weighted by molar-refractivity contribution is 0.394. The van der Waals surface area contributed by atoms with Crippen LogP contribution >= 0.6 is 0 Å². The van der Waals surface area contributed by atoms with Crippen LogP contribution in [-0.2, 0) is 25.7 Å². The zero-order chi connectivity index (χ0) is 18.2. The first-order valence-corrected chi connectivity index (χ1v) is 9.12. The first kappa shape index (κ1) is 18.1. The van der Waals surface area contributed by atoms with Crippen molar-refractivity contribution in [3.63, 3.8) is 0 Å². The summed E-state index contributed by atoms with van der Waals surface area (Å²) < 4.78 is 11.3. The highest BCUT2D eigenvalue weighted by Crippen LogP contribution is 2.31. The number of hydrogen-bond donors (Lipinski definition) is 0. The first-order chi connectivity index (χ1) is 12.8. The van der Waals surface area contributed by atoms with Gasteiger partial charge in [0.05, 0.1) is 14.2 Å². The fraction of sp³-hybridized carbons (Fsp3) is 0.250. The molecule has 3 rings (SSSR count). The van der Waals surface area contributed by atoms with E-state index in [4.69, 9.17) is 9.47 Å². The van der Waals surface area contributed by atoms with E-state index in [1.807, 2.05) is 0 Å². The van der Waals surface area contributed by atoms with Gasteiger partial charge in [-0.3, -0.25) is 0 Å². The molecular formula is C24H26O2. The third-order valence-corrected chi connectivity index (χ3v) is 4.74. The predicted molar refractivity (Wildman–Crippen MR) is 107 cm³/mol. The summed E-state index contributed by atoms with van der Waals surface area (Å²) in [6.45, 7) is 0. The van der Waals surface area contributed by atoms with E-state index in [2.05, 4.69) is 72.8 Å². The van der Waals surface area contributed by atoms with Crippen LogP contribution in [-0.4, -0.2) is 14.2 Å². The highest BCUT2D eigenvalue weighted by Gasteiger charge is 2.12. The molecule has 0 bridgehead atoms. The number of hydrogen-bond acceptors (Lipinski definition) is 2. The quantitative estimate of drug-likeness (QED) is 0.553. The number of rotatable bonds is 8. The first-order valence-electron chi connectivity index (χ1n) is 9.12. The Hall–Kier alpha value is -2.74. The second kappa shape index (κ2) is 9.10. The fourth-order valence-electron chi connectivity index (χ4n) is 3.26. The maximum Gasteiger partial charge on any atom is 0.122 e. The normalized spacial score (nSPS) is 10.5. The van der Waals surface area contributed by atoms with Gasteiger partial charge in [0.1, 0.15) is 11.5 Å². The van der Waals surface area contributed by atoms with E-state index in [1.165, 1.54) is 22.3 Å². The molecule has 2 heteroatoms. The number of ether oxygens (including phenoxy) is 2. The molecule has 3 aromatic carbocycles. The number of aryl methyl sites for hydroxylation is 4. The Balaban J connectivity index is 1.76. The van der Waals surface area contributed by atoms with Crippen molar-refractivity contribution < 1.29 is 9.47 Å². The molecule has 0 radical (unpaired) electrons. The summed E-state index contributed by atoms with van der Waals surface area (Å²) in [5, 5.41) is 0. The van der Waals surface area contributed by atoms with Crippen molar-refractivity contribution in [1.29, 1.82) is 0 Å². The summed E-state index contributed by atoms with van der Waals surface area (Å²) in [6.07, 6.45) is 3.85. The van der Waals surface area contributed by atoms with Gasteiger partial charge in [0.25, 0.3) is 0 Å². The Morgan fingerprint density at radius 3 is 1.27 bits per heavy atom. The van der Waals surface area contributed by atoms with Crippen LogP contribution in [0.25, 0.3) is 0 Å². The lowest BCUT2D eigenvalue weighted by atomic mass is 9.98. The van der Waals surface area contributed by atoms with Gasteiger partial charge < -0.3 is 9.47 Å². The van der Waals surface area contributed by atoms with Crippen LogP contribution in [0, 0.1) is 0 Å². The van der Waals surface area contributed by atoms with Gasteiger partial charge in [0.15, 0.2) is 0 Å². The van der Waals surface area contributed by atoms with Crippen molar-refractivity contribution in [1.82, 2.24) is 0 Å². The van der Waals surface area contributed by atoms with Crippen LogP contribution in [0.1, 0.15) is 22.3 Å². The highest BCUT2D eigenvalue weighted by atomic mass is 16.5. The van der Waals surface area contributed by atoms with Crippen LogP contribution in [0.3, 0.4) is 0 Å². The second-order valence-electron chi connectivity index (χ2n) is 6.45. The topological polar surface area (TPSA) is 18.5 Å². The fourth-order valence-corrected chi connectivity index (χ4v) is 3.26. The average Bonchev–Trinajstić information content (AvgIpc) is 2.72. The minimum Gasteiger partial charge on any atom is -0.496 e. The summed E-state index contributed by atoms with van der Waals surface area (Å²) in [6, 6.07) is 25.4. The van der Waals surface area contributed by atoms with Crippen LogP contribution in [0.5, 0.6) is 11.5 Å². The largest absolute Gasteiger partial charge is 0.496 e. The molecule has 0 aromatic heterocycles. The van der Waals surface area contributed by atoms with Gasteiger partial charge in [-0.2, -0.15) is 0 Å². The summed E-state index contributed by atoms with van der Waals surface area (Å²) in [5.74, 6) is 1.90. The summed E-state index contributed by atoms with van der Waals surface area (Å²) >= 11 is 0. The SMILES string of the molecule is COc1cc(CCc2ccccc2)c(OC)cc1CCc1ccccc1. The molecule has 134 valence electrons. The Kier molecular flexibility index (Phi) is 6.32. The number of benzene rings is 3. The molecule has 0 saturated carbocycles. The molecule has 0 N–H and O–H groups in total. The molecule has 0 heterocycles. The molecule has 0 spiro atoms. The molecule has 0 atom stereocenters. The van der Waals surface area contributed by atoms with Gasteiger partial charge in [-0.25, -0.2) is 0 Å². The van der Waals surface area contributed by atoms with E-state index in [0.29, 0.717) is 0 Å². The Bertz CT molecular complexity index is 739. The molecule has 0 saturated heterocycles. The maximum atomic E-state index is 5.67. The van der Waals surface area contributed by atoms with Crippen molar-refractivity contribution >= 4 is 0 Å². The van der Waals surface area contributed by atoms with E-state index < -0.39 is 0 Å². The summed E-state index contributed by atoms with van der Waals surface area (Å²) in [5.41, 5.74) is 5.05. The van der Waals surface area contributed by atoms with E-state index >= 15 is 0 Å². The summed E-state index contributed by atoms with van der Waals surface area (Å²) in [7, 11) is 3.49. The van der Waals surface area contributed by atoms with Gasteiger partial charge in [-0.15, -0.1) is 0 Å². The van der Waals surface area contributed by atoms with E-state index in [1.54, 1.807) is 14.2 Å². The van der Waals surface area contributed by atoms with Gasteiger partial charge in [-0.05, 0) is 60.1 Å². The molecule has 0 fully saturated rings. The molecule has 0 unspecified atom stereocenters. The molecule has 0 aliphatic heterocycles. The van der Waals surface area contributed by atoms with Gasteiger partial charge in [-0.1, -0.05) is 60.7 Å². The van der Waals surface area contributed by atoms with Crippen molar-refractivity contribution in [2.24, 2.45) is 0 Å². The monoisotopic (exact) mass is 346 g/mol. The van der Waals surface area contributed by atoms with Gasteiger partial charge in [0, 0.05) is 0 Å². The molecule has 0 aliphatic carbocycles. The molecule has 0 amide bonds. The number of methoxy groups -OCH3 is 2. The lowest BCUT2D eigenvalue weighted by Crippen LogP contribution is -2.01. The molecule has 0 aliphatic rings.